The smallest absolute Gasteiger partial charge is 0.263 e. The third-order valence-corrected chi connectivity index (χ3v) is 5.33. The van der Waals surface area contributed by atoms with Crippen molar-refractivity contribution in [1.29, 1.82) is 5.26 Å². The van der Waals surface area contributed by atoms with E-state index < -0.39 is 0 Å². The maximum Gasteiger partial charge on any atom is 0.263 e. The molecule has 2 N–H and O–H groups in total. The Labute approximate surface area is 167 Å². The van der Waals surface area contributed by atoms with Gasteiger partial charge in [-0.2, -0.15) is 5.26 Å². The van der Waals surface area contributed by atoms with Crippen molar-refractivity contribution in [3.63, 3.8) is 0 Å². The molecule has 0 heterocycles. The number of nitrogens with one attached hydrogen (secondary N) is 2. The molecule has 1 aliphatic rings. The molecule has 1 aliphatic carbocycles. The van der Waals surface area contributed by atoms with Gasteiger partial charge in [-0.1, -0.05) is 37.3 Å². The van der Waals surface area contributed by atoms with Gasteiger partial charge in [-0.15, -0.1) is 0 Å². The molecular weight excluding hydrogens is 346 g/mol. The van der Waals surface area contributed by atoms with E-state index in [0.717, 1.165) is 30.5 Å². The molecule has 0 saturated heterocycles. The number of carbonyl (C=O) groups excluding carboxylic acids is 1. The lowest BCUT2D eigenvalue weighted by atomic mass is 9.89. The van der Waals surface area contributed by atoms with Crippen LogP contribution in [0.15, 0.2) is 54.2 Å². The van der Waals surface area contributed by atoms with Gasteiger partial charge >= 0.3 is 0 Å². The van der Waals surface area contributed by atoms with Gasteiger partial charge < -0.3 is 10.6 Å². The molecule has 0 bridgehead atoms. The molecule has 28 heavy (non-hydrogen) atoms. The first kappa shape index (κ1) is 19.7. The van der Waals surface area contributed by atoms with Gasteiger partial charge in [0.15, 0.2) is 0 Å². The summed E-state index contributed by atoms with van der Waals surface area (Å²) < 4.78 is 0. The molecule has 0 saturated carbocycles. The number of carbonyl (C=O) groups is 1. The number of nitrogens with zero attached hydrogens (tertiary/aromatic N) is 1. The van der Waals surface area contributed by atoms with Gasteiger partial charge in [-0.3, -0.25) is 4.79 Å². The predicted octanol–water partition coefficient (Wildman–Crippen LogP) is 4.82. The van der Waals surface area contributed by atoms with Crippen molar-refractivity contribution in [2.24, 2.45) is 0 Å². The van der Waals surface area contributed by atoms with Crippen LogP contribution in [-0.2, 0) is 24.1 Å². The fourth-order valence-electron chi connectivity index (χ4n) is 3.52. The van der Waals surface area contributed by atoms with Crippen LogP contribution in [0.2, 0.25) is 0 Å². The molecule has 0 aromatic heterocycles. The molecule has 0 aliphatic heterocycles. The molecule has 1 unspecified atom stereocenters. The minimum absolute atomic E-state index is 0.0596. The first-order valence-corrected chi connectivity index (χ1v) is 9.99. The van der Waals surface area contributed by atoms with E-state index in [1.165, 1.54) is 35.7 Å². The lowest BCUT2D eigenvalue weighted by Gasteiger charge is -2.20. The molecule has 4 nitrogen and oxygen atoms in total. The number of nitriles is 1. The maximum absolute atomic E-state index is 12.5. The van der Waals surface area contributed by atoms with E-state index in [0.29, 0.717) is 0 Å². The van der Waals surface area contributed by atoms with Crippen LogP contribution in [0, 0.1) is 11.3 Å². The molecule has 3 rings (SSSR count). The summed E-state index contributed by atoms with van der Waals surface area (Å²) in [6.07, 6.45) is 7.17. The first-order valence-electron chi connectivity index (χ1n) is 9.99. The number of aryl methyl sites for hydroxylation is 3. The van der Waals surface area contributed by atoms with Crippen molar-refractivity contribution in [2.75, 3.05) is 5.32 Å². The summed E-state index contributed by atoms with van der Waals surface area (Å²) in [5, 5.41) is 15.4. The van der Waals surface area contributed by atoms with Gasteiger partial charge in [0.2, 0.25) is 0 Å². The van der Waals surface area contributed by atoms with Crippen LogP contribution >= 0.6 is 0 Å². The summed E-state index contributed by atoms with van der Waals surface area (Å²) >= 11 is 0. The van der Waals surface area contributed by atoms with E-state index in [9.17, 15) is 10.1 Å². The molecule has 0 spiro atoms. The van der Waals surface area contributed by atoms with Crippen molar-refractivity contribution in [2.45, 2.75) is 52.0 Å². The molecule has 144 valence electrons. The minimum Gasteiger partial charge on any atom is -0.360 e. The average Bonchev–Trinajstić information content (AvgIpc) is 2.74. The number of benzene rings is 2. The predicted molar refractivity (Wildman–Crippen MR) is 113 cm³/mol. The van der Waals surface area contributed by atoms with Gasteiger partial charge in [-0.05, 0) is 73.4 Å². The van der Waals surface area contributed by atoms with Crippen LogP contribution < -0.4 is 10.6 Å². The van der Waals surface area contributed by atoms with Gasteiger partial charge in [0, 0.05) is 11.9 Å². The zero-order valence-electron chi connectivity index (χ0n) is 16.6. The second-order valence-corrected chi connectivity index (χ2v) is 7.30. The number of amides is 1. The molecule has 0 fully saturated rings. The number of anilines is 1. The van der Waals surface area contributed by atoms with Gasteiger partial charge in [0.1, 0.15) is 11.6 Å². The topological polar surface area (TPSA) is 64.9 Å². The van der Waals surface area contributed by atoms with E-state index in [1.807, 2.05) is 37.3 Å². The van der Waals surface area contributed by atoms with E-state index in [-0.39, 0.29) is 17.5 Å². The summed E-state index contributed by atoms with van der Waals surface area (Å²) in [5.41, 5.74) is 6.04. The zero-order chi connectivity index (χ0) is 19.9. The van der Waals surface area contributed by atoms with E-state index in [4.69, 9.17) is 0 Å². The Kier molecular flexibility index (Phi) is 6.49. The largest absolute Gasteiger partial charge is 0.360 e. The van der Waals surface area contributed by atoms with E-state index in [1.54, 1.807) is 0 Å². The molecule has 2 aromatic carbocycles. The molecular formula is C24H27N3O. The number of hydrogen-bond acceptors (Lipinski definition) is 3. The zero-order valence-corrected chi connectivity index (χ0v) is 16.6. The maximum atomic E-state index is 12.5. The van der Waals surface area contributed by atoms with Gasteiger partial charge in [0.05, 0.1) is 6.04 Å². The molecule has 1 amide bonds. The fraction of sp³-hybridized carbons (Fsp3) is 0.333. The van der Waals surface area contributed by atoms with Crippen molar-refractivity contribution < 1.29 is 4.79 Å². The highest BCUT2D eigenvalue weighted by Gasteiger charge is 2.16. The summed E-state index contributed by atoms with van der Waals surface area (Å²) in [6, 6.07) is 16.2. The summed E-state index contributed by atoms with van der Waals surface area (Å²) in [7, 11) is 0. The van der Waals surface area contributed by atoms with Gasteiger partial charge in [0.25, 0.3) is 5.91 Å². The fourth-order valence-corrected chi connectivity index (χ4v) is 3.52. The van der Waals surface area contributed by atoms with Crippen LogP contribution in [0.1, 0.15) is 55.0 Å². The highest BCUT2D eigenvalue weighted by Crippen LogP contribution is 2.25. The third-order valence-electron chi connectivity index (χ3n) is 5.33. The Morgan fingerprint density at radius 2 is 1.86 bits per heavy atom. The van der Waals surface area contributed by atoms with Gasteiger partial charge in [-0.25, -0.2) is 0 Å². The van der Waals surface area contributed by atoms with Crippen molar-refractivity contribution in [1.82, 2.24) is 5.32 Å². The Morgan fingerprint density at radius 3 is 2.54 bits per heavy atom. The summed E-state index contributed by atoms with van der Waals surface area (Å²) in [6.45, 7) is 4.05. The second kappa shape index (κ2) is 9.23. The standard InChI is InChI=1S/C24H27N3O/c1-3-18-8-12-23(13-9-18)26-16-22(15-25)24(28)27-17(2)20-11-10-19-6-4-5-7-21(19)14-20/h8-14,16-17,26H,3-7H2,1-2H3,(H,27,28)/b22-16-. The Morgan fingerprint density at radius 1 is 1.14 bits per heavy atom. The lowest BCUT2D eigenvalue weighted by Crippen LogP contribution is -2.28. The summed E-state index contributed by atoms with van der Waals surface area (Å²) in [5.74, 6) is -0.370. The quantitative estimate of drug-likeness (QED) is 0.563. The average molecular weight is 374 g/mol. The lowest BCUT2D eigenvalue weighted by molar-refractivity contribution is -0.117. The van der Waals surface area contributed by atoms with Crippen molar-refractivity contribution >= 4 is 11.6 Å². The Balaban J connectivity index is 1.65. The van der Waals surface area contributed by atoms with Crippen LogP contribution in [-0.4, -0.2) is 5.91 Å². The Bertz CT molecular complexity index is 906. The van der Waals surface area contributed by atoms with Crippen molar-refractivity contribution in [3.05, 3.63) is 76.5 Å². The first-order chi connectivity index (χ1) is 13.6. The van der Waals surface area contributed by atoms with Crippen LogP contribution in [0.4, 0.5) is 5.69 Å². The normalized spacial score (nSPS) is 14.5. The number of rotatable bonds is 6. The highest BCUT2D eigenvalue weighted by atomic mass is 16.1. The minimum atomic E-state index is -0.370. The van der Waals surface area contributed by atoms with Crippen LogP contribution in [0.5, 0.6) is 0 Å². The second-order valence-electron chi connectivity index (χ2n) is 7.30. The van der Waals surface area contributed by atoms with E-state index in [2.05, 4.69) is 35.8 Å². The molecule has 4 heteroatoms. The number of hydrogen-bond donors (Lipinski definition) is 2. The Hall–Kier alpha value is -3.06. The molecule has 1 atom stereocenters. The summed E-state index contributed by atoms with van der Waals surface area (Å²) in [4.78, 5) is 12.5. The SMILES string of the molecule is CCc1ccc(N/C=C(/C#N)C(=O)NC(C)c2ccc3c(c2)CCCC3)cc1. The van der Waals surface area contributed by atoms with Crippen molar-refractivity contribution in [3.8, 4) is 6.07 Å². The monoisotopic (exact) mass is 373 g/mol. The van der Waals surface area contributed by atoms with Crippen LogP contribution in [0.25, 0.3) is 0 Å². The van der Waals surface area contributed by atoms with E-state index >= 15 is 0 Å². The third kappa shape index (κ3) is 4.80. The molecule has 2 aromatic rings. The van der Waals surface area contributed by atoms with Crippen LogP contribution in [0.3, 0.4) is 0 Å². The highest BCUT2D eigenvalue weighted by molar-refractivity contribution is 5.97. The number of fused-ring (bicyclic) bond motifs is 1. The molecule has 0 radical (unpaired) electrons.